The van der Waals surface area contributed by atoms with Crippen molar-refractivity contribution in [1.29, 1.82) is 0 Å². The second-order valence-corrected chi connectivity index (χ2v) is 6.35. The molecule has 0 amide bonds. The highest BCUT2D eigenvalue weighted by Gasteiger charge is 2.22. The first-order valence-corrected chi connectivity index (χ1v) is 7.95. The maximum atomic E-state index is 11.2. The molecule has 0 spiro atoms. The number of piperidine rings is 1. The van der Waals surface area contributed by atoms with Crippen LogP contribution in [0.25, 0.3) is 0 Å². The minimum atomic E-state index is -3.13. The monoisotopic (exact) mass is 286 g/mol. The number of rotatable bonds is 4. The molecule has 2 heterocycles. The SMILES string of the molecule is COc1cnc(N2CCC(NS(C)(=O)=O)CC2)nc1. The van der Waals surface area contributed by atoms with Crippen molar-refractivity contribution in [2.45, 2.75) is 18.9 Å². The second kappa shape index (κ2) is 5.70. The zero-order chi connectivity index (χ0) is 13.9. The van der Waals surface area contributed by atoms with Gasteiger partial charge in [0.05, 0.1) is 25.8 Å². The summed E-state index contributed by atoms with van der Waals surface area (Å²) < 4.78 is 30.0. The normalized spacial score (nSPS) is 17.5. The Hall–Kier alpha value is -1.41. The average Bonchev–Trinajstić information content (AvgIpc) is 2.38. The lowest BCUT2D eigenvalue weighted by Gasteiger charge is -2.31. The van der Waals surface area contributed by atoms with E-state index in [0.29, 0.717) is 11.7 Å². The predicted molar refractivity (Wildman–Crippen MR) is 71.8 cm³/mol. The van der Waals surface area contributed by atoms with Gasteiger partial charge in [0.1, 0.15) is 0 Å². The van der Waals surface area contributed by atoms with Crippen molar-refractivity contribution in [3.05, 3.63) is 12.4 Å². The molecule has 1 aromatic heterocycles. The number of anilines is 1. The van der Waals surface area contributed by atoms with Crippen LogP contribution in [0, 0.1) is 0 Å². The van der Waals surface area contributed by atoms with Gasteiger partial charge in [-0.2, -0.15) is 0 Å². The van der Waals surface area contributed by atoms with Crippen LogP contribution in [-0.4, -0.2) is 50.9 Å². The van der Waals surface area contributed by atoms with E-state index in [0.717, 1.165) is 25.9 Å². The van der Waals surface area contributed by atoms with E-state index < -0.39 is 10.0 Å². The lowest BCUT2D eigenvalue weighted by atomic mass is 10.1. The van der Waals surface area contributed by atoms with Crippen LogP contribution in [0.1, 0.15) is 12.8 Å². The molecule has 0 saturated carbocycles. The standard InChI is InChI=1S/C11H18N4O3S/c1-18-10-7-12-11(13-8-10)15-5-3-9(4-6-15)14-19(2,16)17/h7-9,14H,3-6H2,1-2H3. The lowest BCUT2D eigenvalue weighted by molar-refractivity contribution is 0.409. The minimum Gasteiger partial charge on any atom is -0.494 e. The third kappa shape index (κ3) is 4.03. The van der Waals surface area contributed by atoms with E-state index in [9.17, 15) is 8.42 Å². The van der Waals surface area contributed by atoms with Crippen LogP contribution < -0.4 is 14.4 Å². The van der Waals surface area contributed by atoms with Gasteiger partial charge in [-0.15, -0.1) is 0 Å². The van der Waals surface area contributed by atoms with E-state index in [-0.39, 0.29) is 6.04 Å². The number of hydrogen-bond donors (Lipinski definition) is 1. The Balaban J connectivity index is 1.92. The predicted octanol–water partition coefficient (Wildman–Crippen LogP) is 0.00320. The molecule has 1 aliphatic heterocycles. The minimum absolute atomic E-state index is 0.00417. The molecule has 0 bridgehead atoms. The Labute approximate surface area is 113 Å². The molecular weight excluding hydrogens is 268 g/mol. The van der Waals surface area contributed by atoms with Gasteiger partial charge in [-0.05, 0) is 12.8 Å². The Morgan fingerprint density at radius 3 is 2.37 bits per heavy atom. The van der Waals surface area contributed by atoms with Gasteiger partial charge < -0.3 is 9.64 Å². The molecule has 19 heavy (non-hydrogen) atoms. The maximum absolute atomic E-state index is 11.2. The van der Waals surface area contributed by atoms with Gasteiger partial charge in [-0.25, -0.2) is 23.1 Å². The highest BCUT2D eigenvalue weighted by molar-refractivity contribution is 7.88. The molecule has 1 N–H and O–H groups in total. The van der Waals surface area contributed by atoms with Gasteiger partial charge in [0.15, 0.2) is 5.75 Å². The Bertz CT molecular complexity index is 509. The summed E-state index contributed by atoms with van der Waals surface area (Å²) in [6, 6.07) is 0.00417. The molecule has 1 aliphatic rings. The first-order valence-electron chi connectivity index (χ1n) is 6.06. The summed E-state index contributed by atoms with van der Waals surface area (Å²) in [6.07, 6.45) is 5.95. The van der Waals surface area contributed by atoms with Crippen LogP contribution in [0.4, 0.5) is 5.95 Å². The van der Waals surface area contributed by atoms with E-state index >= 15 is 0 Å². The summed E-state index contributed by atoms with van der Waals surface area (Å²) in [6.45, 7) is 1.47. The van der Waals surface area contributed by atoms with Crippen molar-refractivity contribution < 1.29 is 13.2 Å². The molecular formula is C11H18N4O3S. The average molecular weight is 286 g/mol. The topological polar surface area (TPSA) is 84.4 Å². The number of nitrogens with zero attached hydrogens (tertiary/aromatic N) is 3. The van der Waals surface area contributed by atoms with E-state index in [4.69, 9.17) is 4.74 Å². The van der Waals surface area contributed by atoms with Crippen LogP contribution >= 0.6 is 0 Å². The van der Waals surface area contributed by atoms with Crippen molar-refractivity contribution >= 4 is 16.0 Å². The van der Waals surface area contributed by atoms with E-state index in [2.05, 4.69) is 14.7 Å². The maximum Gasteiger partial charge on any atom is 0.225 e. The van der Waals surface area contributed by atoms with Crippen LogP contribution in [0.5, 0.6) is 5.75 Å². The number of hydrogen-bond acceptors (Lipinski definition) is 6. The third-order valence-corrected chi connectivity index (χ3v) is 3.77. The van der Waals surface area contributed by atoms with Crippen molar-refractivity contribution in [2.24, 2.45) is 0 Å². The zero-order valence-electron chi connectivity index (χ0n) is 11.0. The molecule has 1 saturated heterocycles. The molecule has 1 aromatic rings. The van der Waals surface area contributed by atoms with Crippen LogP contribution in [-0.2, 0) is 10.0 Å². The molecule has 1 fully saturated rings. The summed E-state index contributed by atoms with van der Waals surface area (Å²) in [5, 5.41) is 0. The Morgan fingerprint density at radius 1 is 1.32 bits per heavy atom. The number of nitrogens with one attached hydrogen (secondary N) is 1. The number of aromatic nitrogens is 2. The Kier molecular flexibility index (Phi) is 4.20. The van der Waals surface area contributed by atoms with Crippen LogP contribution in [0.3, 0.4) is 0 Å². The first kappa shape index (κ1) is 14.0. The first-order chi connectivity index (χ1) is 8.98. The summed E-state index contributed by atoms with van der Waals surface area (Å²) in [5.41, 5.74) is 0. The third-order valence-electron chi connectivity index (χ3n) is 3.01. The molecule has 0 radical (unpaired) electrons. The molecule has 8 heteroatoms. The van der Waals surface area contributed by atoms with E-state index in [1.165, 1.54) is 6.26 Å². The van der Waals surface area contributed by atoms with Crippen LogP contribution in [0.15, 0.2) is 12.4 Å². The second-order valence-electron chi connectivity index (χ2n) is 4.57. The van der Waals surface area contributed by atoms with Crippen molar-refractivity contribution in [3.63, 3.8) is 0 Å². The molecule has 106 valence electrons. The number of ether oxygens (including phenoxy) is 1. The van der Waals surface area contributed by atoms with E-state index in [1.807, 2.05) is 4.90 Å². The van der Waals surface area contributed by atoms with E-state index in [1.54, 1.807) is 19.5 Å². The van der Waals surface area contributed by atoms with Gasteiger partial charge in [0, 0.05) is 19.1 Å². The van der Waals surface area contributed by atoms with Crippen molar-refractivity contribution in [2.75, 3.05) is 31.4 Å². The molecule has 7 nitrogen and oxygen atoms in total. The highest BCUT2D eigenvalue weighted by atomic mass is 32.2. The summed E-state index contributed by atoms with van der Waals surface area (Å²) in [4.78, 5) is 10.5. The fraction of sp³-hybridized carbons (Fsp3) is 0.636. The molecule has 0 aromatic carbocycles. The number of methoxy groups -OCH3 is 1. The lowest BCUT2D eigenvalue weighted by Crippen LogP contribution is -2.44. The van der Waals surface area contributed by atoms with Gasteiger partial charge in [-0.1, -0.05) is 0 Å². The molecule has 0 aliphatic carbocycles. The quantitative estimate of drug-likeness (QED) is 0.839. The Morgan fingerprint density at radius 2 is 1.89 bits per heavy atom. The summed E-state index contributed by atoms with van der Waals surface area (Å²) in [5.74, 6) is 1.27. The van der Waals surface area contributed by atoms with Gasteiger partial charge in [0.2, 0.25) is 16.0 Å². The fourth-order valence-electron chi connectivity index (χ4n) is 2.08. The van der Waals surface area contributed by atoms with Crippen molar-refractivity contribution in [1.82, 2.24) is 14.7 Å². The zero-order valence-corrected chi connectivity index (χ0v) is 11.9. The van der Waals surface area contributed by atoms with Crippen molar-refractivity contribution in [3.8, 4) is 5.75 Å². The van der Waals surface area contributed by atoms with Gasteiger partial charge in [0.25, 0.3) is 0 Å². The summed E-state index contributed by atoms with van der Waals surface area (Å²) >= 11 is 0. The summed E-state index contributed by atoms with van der Waals surface area (Å²) in [7, 11) is -1.56. The largest absolute Gasteiger partial charge is 0.494 e. The smallest absolute Gasteiger partial charge is 0.225 e. The van der Waals surface area contributed by atoms with Crippen LogP contribution in [0.2, 0.25) is 0 Å². The molecule has 0 unspecified atom stereocenters. The molecule has 0 atom stereocenters. The number of sulfonamides is 1. The highest BCUT2D eigenvalue weighted by Crippen LogP contribution is 2.17. The van der Waals surface area contributed by atoms with Gasteiger partial charge >= 0.3 is 0 Å². The molecule has 2 rings (SSSR count). The van der Waals surface area contributed by atoms with Gasteiger partial charge in [-0.3, -0.25) is 0 Å². The fourth-order valence-corrected chi connectivity index (χ4v) is 2.92.